The molecule has 0 radical (unpaired) electrons. The van der Waals surface area contributed by atoms with Crippen LogP contribution in [0, 0.1) is 6.92 Å². The summed E-state index contributed by atoms with van der Waals surface area (Å²) in [5, 5.41) is 9.36. The molecule has 1 aromatic carbocycles. The Morgan fingerprint density at radius 3 is 2.61 bits per heavy atom. The van der Waals surface area contributed by atoms with Gasteiger partial charge in [-0.25, -0.2) is 0 Å². The number of nitrogens with zero attached hydrogens (tertiary/aromatic N) is 1. The van der Waals surface area contributed by atoms with Gasteiger partial charge in [0.05, 0.1) is 6.61 Å². The maximum Gasteiger partial charge on any atom is 0.254 e. The summed E-state index contributed by atoms with van der Waals surface area (Å²) in [6, 6.07) is 4.91. The number of benzene rings is 1. The van der Waals surface area contributed by atoms with Crippen molar-refractivity contribution in [3.8, 4) is 5.75 Å². The molecule has 0 saturated carbocycles. The van der Waals surface area contributed by atoms with Gasteiger partial charge >= 0.3 is 0 Å². The summed E-state index contributed by atoms with van der Waals surface area (Å²) in [4.78, 5) is 14.2. The molecule has 0 spiro atoms. The normalized spacial score (nSPS) is 10.7. The second-order valence-electron chi connectivity index (χ2n) is 4.58. The first-order valence-electron chi connectivity index (χ1n) is 6.07. The molecule has 100 valence electrons. The van der Waals surface area contributed by atoms with Crippen molar-refractivity contribution >= 4 is 5.91 Å². The number of rotatable bonds is 5. The molecule has 18 heavy (non-hydrogen) atoms. The van der Waals surface area contributed by atoms with Gasteiger partial charge in [-0.15, -0.1) is 0 Å². The number of phenols is 1. The van der Waals surface area contributed by atoms with E-state index in [1.807, 2.05) is 20.8 Å². The fourth-order valence-corrected chi connectivity index (χ4v) is 1.83. The molecule has 0 aliphatic carbocycles. The Kier molecular flexibility index (Phi) is 5.16. The van der Waals surface area contributed by atoms with Crippen LogP contribution in [0.2, 0.25) is 0 Å². The van der Waals surface area contributed by atoms with Crippen molar-refractivity contribution in [2.75, 3.05) is 20.3 Å². The van der Waals surface area contributed by atoms with E-state index in [1.165, 1.54) is 6.07 Å². The van der Waals surface area contributed by atoms with Gasteiger partial charge in [0.15, 0.2) is 0 Å². The summed E-state index contributed by atoms with van der Waals surface area (Å²) in [6.45, 7) is 6.85. The van der Waals surface area contributed by atoms with Crippen LogP contribution in [0.3, 0.4) is 0 Å². The first-order valence-corrected chi connectivity index (χ1v) is 6.07. The Morgan fingerprint density at radius 2 is 2.11 bits per heavy atom. The molecular formula is C14H21NO3. The van der Waals surface area contributed by atoms with E-state index in [0.717, 1.165) is 5.56 Å². The van der Waals surface area contributed by atoms with Gasteiger partial charge in [0.25, 0.3) is 5.91 Å². The number of aromatic hydroxyl groups is 1. The number of amides is 1. The van der Waals surface area contributed by atoms with Crippen LogP contribution in [0.1, 0.15) is 29.8 Å². The first-order chi connectivity index (χ1) is 8.47. The minimum Gasteiger partial charge on any atom is -0.508 e. The van der Waals surface area contributed by atoms with Crippen LogP contribution >= 0.6 is 0 Å². The zero-order valence-electron chi connectivity index (χ0n) is 11.4. The van der Waals surface area contributed by atoms with Gasteiger partial charge in [0.2, 0.25) is 0 Å². The molecule has 0 atom stereocenters. The van der Waals surface area contributed by atoms with Crippen molar-refractivity contribution in [1.82, 2.24) is 4.90 Å². The van der Waals surface area contributed by atoms with Crippen LogP contribution in [-0.2, 0) is 4.74 Å². The molecule has 0 aliphatic rings. The van der Waals surface area contributed by atoms with E-state index >= 15 is 0 Å². The maximum atomic E-state index is 12.4. The highest BCUT2D eigenvalue weighted by molar-refractivity contribution is 5.96. The number of carbonyl (C=O) groups excluding carboxylic acids is 1. The number of phenolic OH excluding ortho intramolecular Hbond substituents is 1. The molecule has 1 rings (SSSR count). The Labute approximate surface area is 108 Å². The molecule has 0 heterocycles. The van der Waals surface area contributed by atoms with Gasteiger partial charge in [0, 0.05) is 25.3 Å². The lowest BCUT2D eigenvalue weighted by Gasteiger charge is -2.27. The Morgan fingerprint density at radius 1 is 1.44 bits per heavy atom. The first kappa shape index (κ1) is 14.5. The standard InChI is InChI=1S/C14H21NO3/c1-10(2)15(7-8-18-4)14(17)13-6-5-12(16)9-11(13)3/h5-6,9-10,16H,7-8H2,1-4H3. The number of hydrogen-bond acceptors (Lipinski definition) is 3. The molecule has 1 aromatic rings. The topological polar surface area (TPSA) is 49.8 Å². The van der Waals surface area contributed by atoms with E-state index in [9.17, 15) is 9.90 Å². The van der Waals surface area contributed by atoms with E-state index < -0.39 is 0 Å². The largest absolute Gasteiger partial charge is 0.508 e. The predicted molar refractivity (Wildman–Crippen MR) is 70.9 cm³/mol. The second kappa shape index (κ2) is 6.40. The molecule has 0 fully saturated rings. The highest BCUT2D eigenvalue weighted by Crippen LogP contribution is 2.18. The SMILES string of the molecule is COCCN(C(=O)c1ccc(O)cc1C)C(C)C. The molecule has 4 nitrogen and oxygen atoms in total. The average molecular weight is 251 g/mol. The lowest BCUT2D eigenvalue weighted by Crippen LogP contribution is -2.39. The summed E-state index contributed by atoms with van der Waals surface area (Å²) in [5.74, 6) is 0.150. The summed E-state index contributed by atoms with van der Waals surface area (Å²) in [6.07, 6.45) is 0. The zero-order chi connectivity index (χ0) is 13.7. The third-order valence-corrected chi connectivity index (χ3v) is 2.86. The van der Waals surface area contributed by atoms with E-state index in [2.05, 4.69) is 0 Å². The number of hydrogen-bond donors (Lipinski definition) is 1. The summed E-state index contributed by atoms with van der Waals surface area (Å²) in [5.41, 5.74) is 1.40. The maximum absolute atomic E-state index is 12.4. The summed E-state index contributed by atoms with van der Waals surface area (Å²) >= 11 is 0. The minimum absolute atomic E-state index is 0.0282. The summed E-state index contributed by atoms with van der Waals surface area (Å²) in [7, 11) is 1.62. The fourth-order valence-electron chi connectivity index (χ4n) is 1.83. The average Bonchev–Trinajstić information content (AvgIpc) is 2.28. The highest BCUT2D eigenvalue weighted by atomic mass is 16.5. The molecular weight excluding hydrogens is 230 g/mol. The van der Waals surface area contributed by atoms with Crippen molar-refractivity contribution in [3.63, 3.8) is 0 Å². The third-order valence-electron chi connectivity index (χ3n) is 2.86. The van der Waals surface area contributed by atoms with Crippen molar-refractivity contribution in [1.29, 1.82) is 0 Å². The summed E-state index contributed by atoms with van der Waals surface area (Å²) < 4.78 is 5.02. The van der Waals surface area contributed by atoms with Gasteiger partial charge in [0.1, 0.15) is 5.75 Å². The van der Waals surface area contributed by atoms with Crippen molar-refractivity contribution in [2.45, 2.75) is 26.8 Å². The van der Waals surface area contributed by atoms with E-state index in [-0.39, 0.29) is 17.7 Å². The van der Waals surface area contributed by atoms with Gasteiger partial charge in [-0.1, -0.05) is 0 Å². The molecule has 0 bridgehead atoms. The zero-order valence-corrected chi connectivity index (χ0v) is 11.4. The molecule has 1 amide bonds. The van der Waals surface area contributed by atoms with Crippen LogP contribution in [0.5, 0.6) is 5.75 Å². The molecule has 4 heteroatoms. The fraction of sp³-hybridized carbons (Fsp3) is 0.500. The highest BCUT2D eigenvalue weighted by Gasteiger charge is 2.19. The lowest BCUT2D eigenvalue weighted by atomic mass is 10.1. The monoisotopic (exact) mass is 251 g/mol. The number of aryl methyl sites for hydroxylation is 1. The number of carbonyl (C=O) groups is 1. The van der Waals surface area contributed by atoms with Crippen LogP contribution in [-0.4, -0.2) is 42.2 Å². The van der Waals surface area contributed by atoms with Crippen LogP contribution in [0.15, 0.2) is 18.2 Å². The van der Waals surface area contributed by atoms with Gasteiger partial charge in [-0.05, 0) is 44.5 Å². The van der Waals surface area contributed by atoms with Crippen LogP contribution < -0.4 is 0 Å². The predicted octanol–water partition coefficient (Wildman–Crippen LogP) is 2.20. The third kappa shape index (κ3) is 3.47. The van der Waals surface area contributed by atoms with Gasteiger partial charge in [-0.2, -0.15) is 0 Å². The van der Waals surface area contributed by atoms with E-state index in [4.69, 9.17) is 4.74 Å². The molecule has 0 aliphatic heterocycles. The molecule has 1 N–H and O–H groups in total. The van der Waals surface area contributed by atoms with Crippen LogP contribution in [0.4, 0.5) is 0 Å². The van der Waals surface area contributed by atoms with Crippen LogP contribution in [0.25, 0.3) is 0 Å². The van der Waals surface area contributed by atoms with Crippen molar-refractivity contribution in [2.24, 2.45) is 0 Å². The lowest BCUT2D eigenvalue weighted by molar-refractivity contribution is 0.0634. The minimum atomic E-state index is -0.0282. The second-order valence-corrected chi connectivity index (χ2v) is 4.58. The molecule has 0 aromatic heterocycles. The van der Waals surface area contributed by atoms with Crippen molar-refractivity contribution in [3.05, 3.63) is 29.3 Å². The van der Waals surface area contributed by atoms with Crippen molar-refractivity contribution < 1.29 is 14.6 Å². The Bertz CT molecular complexity index is 416. The number of methoxy groups -OCH3 is 1. The van der Waals surface area contributed by atoms with E-state index in [1.54, 1.807) is 24.1 Å². The van der Waals surface area contributed by atoms with E-state index in [0.29, 0.717) is 18.7 Å². The Hall–Kier alpha value is -1.55. The quantitative estimate of drug-likeness (QED) is 0.872. The molecule has 0 saturated heterocycles. The van der Waals surface area contributed by atoms with Gasteiger partial charge < -0.3 is 14.7 Å². The molecule has 0 unspecified atom stereocenters. The Balaban J connectivity index is 2.94. The number of ether oxygens (including phenoxy) is 1. The van der Waals surface area contributed by atoms with Gasteiger partial charge in [-0.3, -0.25) is 4.79 Å². The smallest absolute Gasteiger partial charge is 0.254 e.